The lowest BCUT2D eigenvalue weighted by Gasteiger charge is -2.33. The van der Waals surface area contributed by atoms with Gasteiger partial charge in [-0.05, 0) is 29.9 Å². The van der Waals surface area contributed by atoms with Crippen LogP contribution in [0.15, 0.2) is 42.5 Å². The number of hydrogen-bond acceptors (Lipinski definition) is 3. The fourth-order valence-corrected chi connectivity index (χ4v) is 3.36. The normalized spacial score (nSPS) is 17.8. The molecular weight excluding hydrogens is 341 g/mol. The largest absolute Gasteiger partial charge is 0.370 e. The van der Waals surface area contributed by atoms with Crippen molar-refractivity contribution in [2.24, 2.45) is 0 Å². The van der Waals surface area contributed by atoms with Crippen molar-refractivity contribution in [2.45, 2.75) is 6.10 Å². The molecule has 1 atom stereocenters. The number of fused-ring (bicyclic) bond motifs is 1. The van der Waals surface area contributed by atoms with Gasteiger partial charge in [0.1, 0.15) is 11.9 Å². The van der Waals surface area contributed by atoms with Crippen LogP contribution in [0.1, 0.15) is 22.0 Å². The van der Waals surface area contributed by atoms with E-state index in [9.17, 15) is 9.18 Å². The third-order valence-electron chi connectivity index (χ3n) is 4.35. The number of H-pyrrole nitrogens is 2. The molecule has 1 fully saturated rings. The molecule has 1 saturated heterocycles. The summed E-state index contributed by atoms with van der Waals surface area (Å²) >= 11 is 5.06. The van der Waals surface area contributed by atoms with Gasteiger partial charge in [-0.2, -0.15) is 0 Å². The zero-order chi connectivity index (χ0) is 17.4. The maximum Gasteiger partial charge on any atom is 0.256 e. The van der Waals surface area contributed by atoms with Crippen LogP contribution in [0.25, 0.3) is 11.0 Å². The van der Waals surface area contributed by atoms with Crippen LogP contribution >= 0.6 is 12.2 Å². The van der Waals surface area contributed by atoms with Gasteiger partial charge in [0.25, 0.3) is 5.91 Å². The SMILES string of the molecule is O=C(c1cc(F)cc2[nH]c(=S)[nH]c12)N1CCOC(c2ccccc2)C1. The Bertz CT molecular complexity index is 983. The second-order valence-corrected chi connectivity index (χ2v) is 6.38. The lowest BCUT2D eigenvalue weighted by Crippen LogP contribution is -2.42. The van der Waals surface area contributed by atoms with Crippen LogP contribution in [-0.4, -0.2) is 40.5 Å². The van der Waals surface area contributed by atoms with E-state index in [1.54, 1.807) is 4.90 Å². The number of amides is 1. The molecule has 4 rings (SSSR count). The van der Waals surface area contributed by atoms with E-state index in [4.69, 9.17) is 17.0 Å². The van der Waals surface area contributed by atoms with Gasteiger partial charge in [-0.3, -0.25) is 4.79 Å². The smallest absolute Gasteiger partial charge is 0.256 e. The van der Waals surface area contributed by atoms with Gasteiger partial charge in [0.15, 0.2) is 4.77 Å². The maximum absolute atomic E-state index is 13.9. The molecule has 1 unspecified atom stereocenters. The number of benzene rings is 2. The topological polar surface area (TPSA) is 61.1 Å². The van der Waals surface area contributed by atoms with Crippen molar-refractivity contribution < 1.29 is 13.9 Å². The first-order valence-corrected chi connectivity index (χ1v) is 8.40. The molecule has 2 aromatic carbocycles. The average Bonchev–Trinajstić information content (AvgIpc) is 3.01. The van der Waals surface area contributed by atoms with Gasteiger partial charge >= 0.3 is 0 Å². The Hall–Kier alpha value is -2.51. The van der Waals surface area contributed by atoms with E-state index in [2.05, 4.69) is 9.97 Å². The van der Waals surface area contributed by atoms with Gasteiger partial charge < -0.3 is 19.6 Å². The summed E-state index contributed by atoms with van der Waals surface area (Å²) in [5.41, 5.74) is 2.31. The van der Waals surface area contributed by atoms with E-state index in [-0.39, 0.29) is 17.6 Å². The number of rotatable bonds is 2. The third kappa shape index (κ3) is 3.08. The summed E-state index contributed by atoms with van der Waals surface area (Å²) in [6, 6.07) is 12.3. The molecule has 7 heteroatoms. The van der Waals surface area contributed by atoms with Gasteiger partial charge in [0.05, 0.1) is 29.7 Å². The molecule has 128 valence electrons. The van der Waals surface area contributed by atoms with Crippen molar-refractivity contribution in [2.75, 3.05) is 19.7 Å². The average molecular weight is 357 g/mol. The predicted molar refractivity (Wildman–Crippen MR) is 94.5 cm³/mol. The Balaban J connectivity index is 1.66. The number of aromatic amines is 2. The molecular formula is C18H16FN3O2S. The van der Waals surface area contributed by atoms with Gasteiger partial charge in [0, 0.05) is 6.54 Å². The number of aromatic nitrogens is 2. The van der Waals surface area contributed by atoms with Crippen LogP contribution in [0.2, 0.25) is 0 Å². The van der Waals surface area contributed by atoms with Crippen molar-refractivity contribution in [1.82, 2.24) is 14.9 Å². The number of nitrogens with zero attached hydrogens (tertiary/aromatic N) is 1. The van der Waals surface area contributed by atoms with E-state index >= 15 is 0 Å². The number of carbonyl (C=O) groups is 1. The minimum Gasteiger partial charge on any atom is -0.370 e. The number of halogens is 1. The van der Waals surface area contributed by atoms with Crippen molar-refractivity contribution in [3.63, 3.8) is 0 Å². The van der Waals surface area contributed by atoms with Gasteiger partial charge in [-0.25, -0.2) is 4.39 Å². The van der Waals surface area contributed by atoms with E-state index in [1.165, 1.54) is 12.1 Å². The fourth-order valence-electron chi connectivity index (χ4n) is 3.15. The quantitative estimate of drug-likeness (QED) is 0.689. The molecule has 2 N–H and O–H groups in total. The molecule has 1 aliphatic rings. The molecule has 25 heavy (non-hydrogen) atoms. The lowest BCUT2D eigenvalue weighted by atomic mass is 10.1. The molecule has 5 nitrogen and oxygen atoms in total. The van der Waals surface area contributed by atoms with E-state index in [0.717, 1.165) is 5.56 Å². The second kappa shape index (κ2) is 6.42. The summed E-state index contributed by atoms with van der Waals surface area (Å²) < 4.78 is 20.1. The molecule has 1 aromatic heterocycles. The summed E-state index contributed by atoms with van der Waals surface area (Å²) in [5, 5.41) is 0. The summed E-state index contributed by atoms with van der Waals surface area (Å²) in [6.07, 6.45) is -0.187. The number of imidazole rings is 1. The number of carbonyl (C=O) groups excluding carboxylic acids is 1. The molecule has 3 aromatic rings. The summed E-state index contributed by atoms with van der Waals surface area (Å²) in [7, 11) is 0. The van der Waals surface area contributed by atoms with Gasteiger partial charge in [-0.15, -0.1) is 0 Å². The van der Waals surface area contributed by atoms with Crippen molar-refractivity contribution in [1.29, 1.82) is 0 Å². The minimum absolute atomic E-state index is 0.187. The Morgan fingerprint density at radius 1 is 1.24 bits per heavy atom. The first kappa shape index (κ1) is 16.0. The number of hydrogen-bond donors (Lipinski definition) is 2. The molecule has 0 radical (unpaired) electrons. The highest BCUT2D eigenvalue weighted by Crippen LogP contribution is 2.25. The predicted octanol–water partition coefficient (Wildman–Crippen LogP) is 3.58. The second-order valence-electron chi connectivity index (χ2n) is 5.98. The van der Waals surface area contributed by atoms with Crippen molar-refractivity contribution in [3.05, 3.63) is 64.2 Å². The lowest BCUT2D eigenvalue weighted by molar-refractivity contribution is -0.0227. The van der Waals surface area contributed by atoms with Crippen LogP contribution in [-0.2, 0) is 4.74 Å². The standard InChI is InChI=1S/C18H16FN3O2S/c19-12-8-13(16-14(9-12)20-18(25)21-16)17(23)22-6-7-24-15(10-22)11-4-2-1-3-5-11/h1-5,8-9,15H,6-7,10H2,(H2,20,21,25). The van der Waals surface area contributed by atoms with Crippen molar-refractivity contribution >= 4 is 29.2 Å². The molecule has 0 bridgehead atoms. The summed E-state index contributed by atoms with van der Waals surface area (Å²) in [5.74, 6) is -0.715. The third-order valence-corrected chi connectivity index (χ3v) is 4.55. The fraction of sp³-hybridized carbons (Fsp3) is 0.222. The molecule has 0 aliphatic carbocycles. The summed E-state index contributed by atoms with van der Waals surface area (Å²) in [6.45, 7) is 1.32. The van der Waals surface area contributed by atoms with Crippen LogP contribution < -0.4 is 0 Å². The van der Waals surface area contributed by atoms with Crippen LogP contribution in [0, 0.1) is 10.6 Å². The molecule has 1 amide bonds. The number of morpholine rings is 1. The Morgan fingerprint density at radius 3 is 2.84 bits per heavy atom. The number of ether oxygens (including phenoxy) is 1. The van der Waals surface area contributed by atoms with Crippen LogP contribution in [0.4, 0.5) is 4.39 Å². The van der Waals surface area contributed by atoms with Crippen LogP contribution in [0.3, 0.4) is 0 Å². The van der Waals surface area contributed by atoms with E-state index in [0.29, 0.717) is 35.5 Å². The molecule has 2 heterocycles. The van der Waals surface area contributed by atoms with Crippen LogP contribution in [0.5, 0.6) is 0 Å². The maximum atomic E-state index is 13.9. The zero-order valence-corrected chi connectivity index (χ0v) is 14.1. The molecule has 0 spiro atoms. The number of nitrogens with one attached hydrogen (secondary N) is 2. The highest BCUT2D eigenvalue weighted by molar-refractivity contribution is 7.71. The Kier molecular flexibility index (Phi) is 4.10. The Labute approximate surface area is 148 Å². The molecule has 0 saturated carbocycles. The highest BCUT2D eigenvalue weighted by atomic mass is 32.1. The highest BCUT2D eigenvalue weighted by Gasteiger charge is 2.27. The first-order valence-electron chi connectivity index (χ1n) is 7.99. The van der Waals surface area contributed by atoms with Gasteiger partial charge in [0.2, 0.25) is 0 Å². The van der Waals surface area contributed by atoms with E-state index in [1.807, 2.05) is 30.3 Å². The molecule has 1 aliphatic heterocycles. The van der Waals surface area contributed by atoms with Gasteiger partial charge in [-0.1, -0.05) is 30.3 Å². The minimum atomic E-state index is -0.478. The summed E-state index contributed by atoms with van der Waals surface area (Å²) in [4.78, 5) is 20.5. The van der Waals surface area contributed by atoms with Crippen molar-refractivity contribution in [3.8, 4) is 0 Å². The first-order chi connectivity index (χ1) is 12.1. The van der Waals surface area contributed by atoms with E-state index < -0.39 is 5.82 Å². The zero-order valence-electron chi connectivity index (χ0n) is 13.3. The monoisotopic (exact) mass is 357 g/mol. The Morgan fingerprint density at radius 2 is 2.04 bits per heavy atom.